The van der Waals surface area contributed by atoms with Crippen LogP contribution in [0.3, 0.4) is 0 Å². The van der Waals surface area contributed by atoms with Crippen molar-refractivity contribution in [2.75, 3.05) is 13.2 Å². The summed E-state index contributed by atoms with van der Waals surface area (Å²) in [6.07, 6.45) is -3.19. The van der Waals surface area contributed by atoms with E-state index in [-0.39, 0.29) is 6.61 Å². The summed E-state index contributed by atoms with van der Waals surface area (Å²) in [6.45, 7) is -0.208. The number of carbonyl (C=O) groups is 1. The third-order valence-corrected chi connectivity index (χ3v) is 2.69. The van der Waals surface area contributed by atoms with Crippen LogP contribution < -0.4 is 4.74 Å². The molecule has 2 rings (SSSR count). The number of carbonyl (C=O) groups excluding carboxylic acids is 1. The van der Waals surface area contributed by atoms with E-state index < -0.39 is 24.6 Å². The summed E-state index contributed by atoms with van der Waals surface area (Å²) in [6, 6.07) is 3.90. The predicted octanol–water partition coefficient (Wildman–Crippen LogP) is 3.10. The normalized spacial score (nSPS) is 16.5. The topological polar surface area (TPSA) is 35.5 Å². The zero-order chi connectivity index (χ0) is 14.8. The molecule has 0 amide bonds. The Labute approximate surface area is 111 Å². The van der Waals surface area contributed by atoms with Crippen LogP contribution in [0.15, 0.2) is 24.3 Å². The van der Waals surface area contributed by atoms with Crippen molar-refractivity contribution in [2.45, 2.75) is 12.6 Å². The van der Waals surface area contributed by atoms with Crippen molar-refractivity contribution >= 4 is 11.5 Å². The van der Waals surface area contributed by atoms with Gasteiger partial charge in [-0.05, 0) is 23.8 Å². The average Bonchev–Trinajstić information content (AvgIpc) is 2.37. The van der Waals surface area contributed by atoms with E-state index in [2.05, 4.69) is 4.74 Å². The van der Waals surface area contributed by atoms with Crippen LogP contribution in [0.4, 0.5) is 17.6 Å². The Morgan fingerprint density at radius 3 is 2.85 bits per heavy atom. The van der Waals surface area contributed by atoms with Crippen LogP contribution in [-0.4, -0.2) is 25.4 Å². The first-order valence-corrected chi connectivity index (χ1v) is 5.73. The third-order valence-electron chi connectivity index (χ3n) is 2.69. The fourth-order valence-electron chi connectivity index (χ4n) is 1.80. The molecule has 3 nitrogen and oxygen atoms in total. The lowest BCUT2D eigenvalue weighted by Crippen LogP contribution is -2.25. The van der Waals surface area contributed by atoms with E-state index in [9.17, 15) is 22.4 Å². The number of benzene rings is 1. The quantitative estimate of drug-likeness (QED) is 0.620. The van der Waals surface area contributed by atoms with Gasteiger partial charge in [-0.15, -0.1) is 0 Å². The molecule has 0 aromatic heterocycles. The molecule has 20 heavy (non-hydrogen) atoms. The van der Waals surface area contributed by atoms with E-state index >= 15 is 0 Å². The molecule has 0 unspecified atom stereocenters. The van der Waals surface area contributed by atoms with Crippen LogP contribution in [0.2, 0.25) is 0 Å². The molecule has 7 heteroatoms. The molecule has 1 aliphatic rings. The Morgan fingerprint density at radius 1 is 1.40 bits per heavy atom. The molecule has 0 bridgehead atoms. The second-order valence-corrected chi connectivity index (χ2v) is 4.06. The Balaban J connectivity index is 2.08. The molecular weight excluding hydrogens is 280 g/mol. The van der Waals surface area contributed by atoms with Gasteiger partial charge < -0.3 is 9.47 Å². The molecule has 0 N–H and O–H groups in total. The number of hydrogen-bond acceptors (Lipinski definition) is 3. The predicted molar refractivity (Wildman–Crippen MR) is 61.5 cm³/mol. The van der Waals surface area contributed by atoms with Gasteiger partial charge in [0, 0.05) is 18.1 Å². The first kappa shape index (κ1) is 14.4. The molecule has 108 valence electrons. The van der Waals surface area contributed by atoms with Crippen molar-refractivity contribution in [3.05, 3.63) is 35.7 Å². The van der Waals surface area contributed by atoms with Gasteiger partial charge in [0.05, 0.1) is 6.61 Å². The van der Waals surface area contributed by atoms with Crippen LogP contribution >= 0.6 is 0 Å². The highest BCUT2D eigenvalue weighted by molar-refractivity contribution is 5.76. The fraction of sp³-hybridized carbons (Fsp3) is 0.308. The molecule has 0 atom stereocenters. The van der Waals surface area contributed by atoms with E-state index in [0.717, 1.165) is 0 Å². The van der Waals surface area contributed by atoms with E-state index in [1.165, 1.54) is 24.3 Å². The molecule has 1 heterocycles. The van der Waals surface area contributed by atoms with Gasteiger partial charge in [-0.1, -0.05) is 0 Å². The highest BCUT2D eigenvalue weighted by Crippen LogP contribution is 2.33. The smallest absolute Gasteiger partial charge is 0.490 e. The van der Waals surface area contributed by atoms with Crippen LogP contribution in [-0.2, 0) is 9.53 Å². The zero-order valence-electron chi connectivity index (χ0n) is 10.2. The summed E-state index contributed by atoms with van der Waals surface area (Å²) in [5.74, 6) is -2.38. The standard InChI is InChI=1S/C13H10F4O3/c14-9-1-2-10-8(3-5-19-11(10)7-9)4-6-20-12(18)13(15,16)17/h1-2,4,7H,3,5-6H2. The SMILES string of the molecule is O=C(OCC=C1CCOc2cc(F)ccc21)C(F)(F)F. The maximum absolute atomic E-state index is 13.0. The number of ether oxygens (including phenoxy) is 2. The van der Waals surface area contributed by atoms with Crippen molar-refractivity contribution < 1.29 is 31.8 Å². The summed E-state index contributed by atoms with van der Waals surface area (Å²) >= 11 is 0. The maximum atomic E-state index is 13.0. The number of esters is 1. The first-order valence-electron chi connectivity index (χ1n) is 5.73. The van der Waals surface area contributed by atoms with Gasteiger partial charge in [0.2, 0.25) is 0 Å². The summed E-state index contributed by atoms with van der Waals surface area (Å²) in [5, 5.41) is 0. The minimum atomic E-state index is -5.00. The van der Waals surface area contributed by atoms with Gasteiger partial charge in [0.15, 0.2) is 0 Å². The van der Waals surface area contributed by atoms with Crippen LogP contribution in [0.5, 0.6) is 5.75 Å². The van der Waals surface area contributed by atoms with Gasteiger partial charge in [0.25, 0.3) is 0 Å². The number of hydrogen-bond donors (Lipinski definition) is 0. The fourth-order valence-corrected chi connectivity index (χ4v) is 1.80. The summed E-state index contributed by atoms with van der Waals surface area (Å²) in [7, 11) is 0. The molecule has 0 radical (unpaired) electrons. The van der Waals surface area contributed by atoms with E-state index in [1.807, 2.05) is 0 Å². The van der Waals surface area contributed by atoms with E-state index in [0.29, 0.717) is 23.3 Å². The number of fused-ring (bicyclic) bond motifs is 1. The Hall–Kier alpha value is -2.05. The molecule has 1 aromatic carbocycles. The minimum Gasteiger partial charge on any atom is -0.493 e. The molecule has 0 spiro atoms. The minimum absolute atomic E-state index is 0.287. The average molecular weight is 290 g/mol. The Morgan fingerprint density at radius 2 is 2.15 bits per heavy atom. The molecular formula is C13H10F4O3. The maximum Gasteiger partial charge on any atom is 0.490 e. The van der Waals surface area contributed by atoms with Crippen LogP contribution in [0.1, 0.15) is 12.0 Å². The van der Waals surface area contributed by atoms with Crippen molar-refractivity contribution in [3.8, 4) is 5.75 Å². The first-order chi connectivity index (χ1) is 9.38. The molecule has 0 saturated heterocycles. The molecule has 0 fully saturated rings. The lowest BCUT2D eigenvalue weighted by atomic mass is 9.99. The van der Waals surface area contributed by atoms with Crippen molar-refractivity contribution in [3.63, 3.8) is 0 Å². The van der Waals surface area contributed by atoms with Crippen molar-refractivity contribution in [2.24, 2.45) is 0 Å². The molecule has 1 aliphatic heterocycles. The lowest BCUT2D eigenvalue weighted by Gasteiger charge is -2.20. The van der Waals surface area contributed by atoms with Crippen molar-refractivity contribution in [1.82, 2.24) is 0 Å². The van der Waals surface area contributed by atoms with Crippen molar-refractivity contribution in [1.29, 1.82) is 0 Å². The molecule has 0 saturated carbocycles. The van der Waals surface area contributed by atoms with Gasteiger partial charge in [-0.2, -0.15) is 13.2 Å². The summed E-state index contributed by atoms with van der Waals surface area (Å²) < 4.78 is 58.2. The highest BCUT2D eigenvalue weighted by atomic mass is 19.4. The zero-order valence-corrected chi connectivity index (χ0v) is 10.2. The van der Waals surface area contributed by atoms with E-state index in [1.54, 1.807) is 0 Å². The lowest BCUT2D eigenvalue weighted by molar-refractivity contribution is -0.198. The van der Waals surface area contributed by atoms with Gasteiger partial charge in [0.1, 0.15) is 18.2 Å². The summed E-state index contributed by atoms with van der Waals surface area (Å²) in [5.41, 5.74) is 1.24. The monoisotopic (exact) mass is 290 g/mol. The van der Waals surface area contributed by atoms with E-state index in [4.69, 9.17) is 4.74 Å². The largest absolute Gasteiger partial charge is 0.493 e. The van der Waals surface area contributed by atoms with Gasteiger partial charge >= 0.3 is 12.1 Å². The Bertz CT molecular complexity index is 549. The van der Waals surface area contributed by atoms with Gasteiger partial charge in [-0.25, -0.2) is 9.18 Å². The Kier molecular flexibility index (Phi) is 3.96. The van der Waals surface area contributed by atoms with Gasteiger partial charge in [-0.3, -0.25) is 0 Å². The number of alkyl halides is 3. The summed E-state index contributed by atoms with van der Waals surface area (Å²) in [4.78, 5) is 10.5. The number of halogens is 4. The third kappa shape index (κ3) is 3.28. The second-order valence-electron chi connectivity index (χ2n) is 4.06. The van der Waals surface area contributed by atoms with Crippen LogP contribution in [0.25, 0.3) is 5.57 Å². The highest BCUT2D eigenvalue weighted by Gasteiger charge is 2.40. The van der Waals surface area contributed by atoms with Crippen LogP contribution in [0, 0.1) is 5.82 Å². The molecule has 1 aromatic rings. The molecule has 0 aliphatic carbocycles. The second kappa shape index (κ2) is 5.52. The number of rotatable bonds is 2.